The van der Waals surface area contributed by atoms with Crippen molar-refractivity contribution >= 4 is 45.2 Å². The van der Waals surface area contributed by atoms with E-state index in [0.717, 1.165) is 26.9 Å². The number of hydrogen-bond acceptors (Lipinski definition) is 5. The minimum absolute atomic E-state index is 0.204. The van der Waals surface area contributed by atoms with Gasteiger partial charge < -0.3 is 5.32 Å². The van der Waals surface area contributed by atoms with Crippen LogP contribution in [0.5, 0.6) is 0 Å². The quantitative estimate of drug-likeness (QED) is 0.484. The monoisotopic (exact) mass is 411 g/mol. The number of hydrogen-bond donors (Lipinski definition) is 1. The zero-order valence-electron chi connectivity index (χ0n) is 15.9. The number of benzene rings is 2. The number of imide groups is 1. The van der Waals surface area contributed by atoms with Crippen molar-refractivity contribution in [3.8, 4) is 0 Å². The van der Waals surface area contributed by atoms with E-state index < -0.39 is 0 Å². The van der Waals surface area contributed by atoms with Crippen molar-refractivity contribution in [3.05, 3.63) is 101 Å². The van der Waals surface area contributed by atoms with Gasteiger partial charge in [-0.2, -0.15) is 0 Å². The molecule has 0 fully saturated rings. The van der Waals surface area contributed by atoms with Crippen LogP contribution in [0, 0.1) is 0 Å². The van der Waals surface area contributed by atoms with Crippen LogP contribution in [0.3, 0.4) is 0 Å². The van der Waals surface area contributed by atoms with Crippen molar-refractivity contribution in [2.45, 2.75) is 6.54 Å². The SMILES string of the molecule is O=C1C(Nc2cccc3ccccc23)=C(c2cccs2)C(=O)N1Cc1ccncc1. The molecule has 2 amide bonds. The molecule has 3 heterocycles. The van der Waals surface area contributed by atoms with Gasteiger partial charge in [0.1, 0.15) is 5.70 Å². The number of carbonyl (C=O) groups excluding carboxylic acids is 2. The molecule has 1 aliphatic heterocycles. The average Bonchev–Trinajstić information content (AvgIpc) is 3.38. The molecule has 30 heavy (non-hydrogen) atoms. The van der Waals surface area contributed by atoms with E-state index in [9.17, 15) is 9.59 Å². The number of fused-ring (bicyclic) bond motifs is 1. The van der Waals surface area contributed by atoms with Crippen molar-refractivity contribution in [2.75, 3.05) is 5.32 Å². The molecule has 1 aliphatic rings. The summed E-state index contributed by atoms with van der Waals surface area (Å²) in [6, 6.07) is 21.2. The number of carbonyl (C=O) groups is 2. The summed E-state index contributed by atoms with van der Waals surface area (Å²) in [7, 11) is 0. The van der Waals surface area contributed by atoms with Crippen LogP contribution in [0.1, 0.15) is 10.4 Å². The summed E-state index contributed by atoms with van der Waals surface area (Å²) in [6.07, 6.45) is 3.31. The Morgan fingerprint density at radius 1 is 0.867 bits per heavy atom. The van der Waals surface area contributed by atoms with Gasteiger partial charge in [0.25, 0.3) is 11.8 Å². The van der Waals surface area contributed by atoms with Gasteiger partial charge in [-0.25, -0.2) is 0 Å². The van der Waals surface area contributed by atoms with Gasteiger partial charge in [-0.15, -0.1) is 11.3 Å². The Hall–Kier alpha value is -3.77. The number of rotatable bonds is 5. The summed E-state index contributed by atoms with van der Waals surface area (Å²) in [6.45, 7) is 0.204. The first kappa shape index (κ1) is 18.3. The van der Waals surface area contributed by atoms with Gasteiger partial charge in [0.05, 0.1) is 12.1 Å². The van der Waals surface area contributed by atoms with Gasteiger partial charge >= 0.3 is 0 Å². The highest BCUT2D eigenvalue weighted by Gasteiger charge is 2.39. The van der Waals surface area contributed by atoms with Gasteiger partial charge in [-0.05, 0) is 40.6 Å². The molecule has 2 aromatic heterocycles. The maximum absolute atomic E-state index is 13.3. The summed E-state index contributed by atoms with van der Waals surface area (Å²) in [5.74, 6) is -0.616. The molecule has 146 valence electrons. The van der Waals surface area contributed by atoms with Gasteiger partial charge in [-0.3, -0.25) is 19.5 Å². The summed E-state index contributed by atoms with van der Waals surface area (Å²) >= 11 is 1.44. The number of amides is 2. The van der Waals surface area contributed by atoms with E-state index in [4.69, 9.17) is 0 Å². The van der Waals surface area contributed by atoms with Crippen molar-refractivity contribution < 1.29 is 9.59 Å². The Balaban J connectivity index is 1.57. The van der Waals surface area contributed by atoms with Crippen LogP contribution in [-0.4, -0.2) is 21.7 Å². The molecule has 0 bridgehead atoms. The summed E-state index contributed by atoms with van der Waals surface area (Å²) in [5, 5.41) is 7.24. The number of anilines is 1. The highest BCUT2D eigenvalue weighted by molar-refractivity contribution is 7.11. The van der Waals surface area contributed by atoms with E-state index in [1.165, 1.54) is 16.2 Å². The normalized spacial score (nSPS) is 14.1. The molecular formula is C24H17N3O2S. The summed E-state index contributed by atoms with van der Waals surface area (Å²) in [4.78, 5) is 32.7. The Bertz CT molecular complexity index is 1280. The smallest absolute Gasteiger partial charge is 0.278 e. The van der Waals surface area contributed by atoms with Crippen molar-refractivity contribution in [2.24, 2.45) is 0 Å². The predicted molar refractivity (Wildman–Crippen MR) is 119 cm³/mol. The number of nitrogens with one attached hydrogen (secondary N) is 1. The molecule has 1 N–H and O–H groups in total. The molecule has 0 aliphatic carbocycles. The topological polar surface area (TPSA) is 62.3 Å². The third-order valence-electron chi connectivity index (χ3n) is 5.07. The number of aromatic nitrogens is 1. The van der Waals surface area contributed by atoms with E-state index in [0.29, 0.717) is 11.3 Å². The fourth-order valence-corrected chi connectivity index (χ4v) is 4.39. The first-order chi connectivity index (χ1) is 14.7. The van der Waals surface area contributed by atoms with E-state index in [1.54, 1.807) is 12.4 Å². The largest absolute Gasteiger partial charge is 0.350 e. The third kappa shape index (κ3) is 3.17. The standard InChI is InChI=1S/C24H17N3O2S/c28-23-21(20-9-4-14-30-20)22(24(29)27(23)15-16-10-12-25-13-11-16)26-19-8-3-6-17-5-1-2-7-18(17)19/h1-14,26H,15H2. The molecule has 5 rings (SSSR count). The lowest BCUT2D eigenvalue weighted by Crippen LogP contribution is -2.31. The minimum Gasteiger partial charge on any atom is -0.350 e. The molecule has 2 aromatic carbocycles. The Morgan fingerprint density at radius 2 is 1.67 bits per heavy atom. The van der Waals surface area contributed by atoms with Crippen LogP contribution >= 0.6 is 11.3 Å². The van der Waals surface area contributed by atoms with Crippen molar-refractivity contribution in [3.63, 3.8) is 0 Å². The van der Waals surface area contributed by atoms with Gasteiger partial charge in [0.15, 0.2) is 0 Å². The maximum atomic E-state index is 13.3. The Kier molecular flexibility index (Phi) is 4.61. The zero-order chi connectivity index (χ0) is 20.5. The molecule has 0 atom stereocenters. The minimum atomic E-state index is -0.326. The second-order valence-corrected chi connectivity index (χ2v) is 7.88. The van der Waals surface area contributed by atoms with Crippen LogP contribution < -0.4 is 5.32 Å². The lowest BCUT2D eigenvalue weighted by molar-refractivity contribution is -0.137. The van der Waals surface area contributed by atoms with E-state index >= 15 is 0 Å². The van der Waals surface area contributed by atoms with Crippen LogP contribution in [0.2, 0.25) is 0 Å². The number of pyridine rings is 1. The van der Waals surface area contributed by atoms with Gasteiger partial charge in [-0.1, -0.05) is 42.5 Å². The van der Waals surface area contributed by atoms with Crippen LogP contribution in [0.25, 0.3) is 16.3 Å². The predicted octanol–water partition coefficient (Wildman–Crippen LogP) is 4.69. The highest BCUT2D eigenvalue weighted by Crippen LogP contribution is 2.35. The second kappa shape index (κ2) is 7.57. The van der Waals surface area contributed by atoms with E-state index in [2.05, 4.69) is 10.3 Å². The van der Waals surface area contributed by atoms with E-state index in [-0.39, 0.29) is 18.4 Å². The molecule has 0 saturated carbocycles. The molecule has 6 heteroatoms. The van der Waals surface area contributed by atoms with Gasteiger partial charge in [0.2, 0.25) is 0 Å². The molecule has 0 saturated heterocycles. The van der Waals surface area contributed by atoms with Crippen molar-refractivity contribution in [1.29, 1.82) is 0 Å². The first-order valence-electron chi connectivity index (χ1n) is 9.50. The lowest BCUT2D eigenvalue weighted by Gasteiger charge is -2.15. The van der Waals surface area contributed by atoms with Crippen molar-refractivity contribution in [1.82, 2.24) is 9.88 Å². The molecule has 0 spiro atoms. The Labute approximate surface area is 177 Å². The summed E-state index contributed by atoms with van der Waals surface area (Å²) < 4.78 is 0. The van der Waals surface area contributed by atoms with Gasteiger partial charge in [0, 0.05) is 28.3 Å². The van der Waals surface area contributed by atoms with Crippen LogP contribution in [-0.2, 0) is 16.1 Å². The lowest BCUT2D eigenvalue weighted by atomic mass is 10.1. The highest BCUT2D eigenvalue weighted by atomic mass is 32.1. The zero-order valence-corrected chi connectivity index (χ0v) is 16.7. The van der Waals surface area contributed by atoms with Crippen LogP contribution in [0.15, 0.2) is 90.2 Å². The van der Waals surface area contributed by atoms with Crippen LogP contribution in [0.4, 0.5) is 5.69 Å². The molecule has 0 radical (unpaired) electrons. The second-order valence-electron chi connectivity index (χ2n) is 6.93. The molecule has 5 nitrogen and oxygen atoms in total. The van der Waals surface area contributed by atoms with E-state index in [1.807, 2.05) is 72.1 Å². The number of thiophene rings is 1. The fraction of sp³-hybridized carbons (Fsp3) is 0.0417. The summed E-state index contributed by atoms with van der Waals surface area (Å²) in [5.41, 5.74) is 2.37. The molecule has 4 aromatic rings. The third-order valence-corrected chi connectivity index (χ3v) is 5.96. The maximum Gasteiger partial charge on any atom is 0.278 e. The Morgan fingerprint density at radius 3 is 2.47 bits per heavy atom. The number of nitrogens with zero attached hydrogens (tertiary/aromatic N) is 2. The fourth-order valence-electron chi connectivity index (χ4n) is 3.62. The molecule has 0 unspecified atom stereocenters. The first-order valence-corrected chi connectivity index (χ1v) is 10.4. The molecular weight excluding hydrogens is 394 g/mol. The average molecular weight is 411 g/mol.